The van der Waals surface area contributed by atoms with E-state index in [2.05, 4.69) is 27.1 Å². The molecule has 0 atom stereocenters. The standard InChI is InChI=1S/C24H27N5O3/c1-3-29-10-7-24(2,8-11-29)23(31)27-21-14-17(6-9-25-21)16-4-5-18-12-19(22(30)28-32)15-26-20(18)13-16/h4-6,9,12-15,32H,3,7-8,10-11H2,1-2H3,(H,28,30)(H,25,27,31). The van der Waals surface area contributed by atoms with Gasteiger partial charge in [0.1, 0.15) is 5.82 Å². The molecule has 1 aliphatic rings. The van der Waals surface area contributed by atoms with Crippen molar-refractivity contribution >= 4 is 28.5 Å². The Kier molecular flexibility index (Phi) is 6.16. The van der Waals surface area contributed by atoms with E-state index < -0.39 is 11.3 Å². The summed E-state index contributed by atoms with van der Waals surface area (Å²) in [6, 6.07) is 11.1. The average Bonchev–Trinajstić information content (AvgIpc) is 2.83. The maximum absolute atomic E-state index is 13.0. The molecule has 8 nitrogen and oxygen atoms in total. The average molecular weight is 434 g/mol. The molecule has 1 fully saturated rings. The highest BCUT2D eigenvalue weighted by Gasteiger charge is 2.36. The molecule has 0 aliphatic carbocycles. The number of piperidine rings is 1. The molecule has 0 spiro atoms. The highest BCUT2D eigenvalue weighted by atomic mass is 16.5. The molecular weight excluding hydrogens is 406 g/mol. The number of fused-ring (bicyclic) bond motifs is 1. The summed E-state index contributed by atoms with van der Waals surface area (Å²) in [6.45, 7) is 7.04. The summed E-state index contributed by atoms with van der Waals surface area (Å²) < 4.78 is 0. The van der Waals surface area contributed by atoms with Gasteiger partial charge in [-0.05, 0) is 67.9 Å². The number of nitrogens with zero attached hydrogens (tertiary/aromatic N) is 3. The largest absolute Gasteiger partial charge is 0.310 e. The van der Waals surface area contributed by atoms with E-state index in [-0.39, 0.29) is 11.5 Å². The van der Waals surface area contributed by atoms with Crippen LogP contribution in [0.3, 0.4) is 0 Å². The zero-order valence-electron chi connectivity index (χ0n) is 18.3. The summed E-state index contributed by atoms with van der Waals surface area (Å²) in [5.74, 6) is -0.0745. The molecule has 2 amide bonds. The van der Waals surface area contributed by atoms with Gasteiger partial charge in [0.25, 0.3) is 5.91 Å². The molecule has 3 aromatic rings. The van der Waals surface area contributed by atoms with Gasteiger partial charge in [-0.25, -0.2) is 10.5 Å². The SMILES string of the molecule is CCN1CCC(C)(C(=O)Nc2cc(-c3ccc4cc(C(=O)NO)cnc4c3)ccn2)CC1. The number of nitrogens with one attached hydrogen (secondary N) is 2. The number of benzene rings is 1. The van der Waals surface area contributed by atoms with E-state index in [0.29, 0.717) is 5.82 Å². The lowest BCUT2D eigenvalue weighted by molar-refractivity contribution is -0.127. The molecule has 4 rings (SSSR count). The third-order valence-electron chi connectivity index (χ3n) is 6.34. The topological polar surface area (TPSA) is 107 Å². The van der Waals surface area contributed by atoms with Crippen LogP contribution in [0.15, 0.2) is 48.8 Å². The normalized spacial score (nSPS) is 16.0. The molecule has 1 saturated heterocycles. The van der Waals surface area contributed by atoms with E-state index in [1.807, 2.05) is 37.3 Å². The van der Waals surface area contributed by atoms with Crippen molar-refractivity contribution in [2.75, 3.05) is 25.0 Å². The van der Waals surface area contributed by atoms with Crippen molar-refractivity contribution in [3.63, 3.8) is 0 Å². The van der Waals surface area contributed by atoms with E-state index in [9.17, 15) is 9.59 Å². The second kappa shape index (κ2) is 9.02. The Morgan fingerprint density at radius 2 is 1.84 bits per heavy atom. The Balaban J connectivity index is 1.53. The van der Waals surface area contributed by atoms with Crippen LogP contribution in [-0.2, 0) is 4.79 Å². The fourth-order valence-electron chi connectivity index (χ4n) is 4.03. The molecule has 0 saturated carbocycles. The highest BCUT2D eigenvalue weighted by molar-refractivity contribution is 5.97. The molecule has 166 valence electrons. The highest BCUT2D eigenvalue weighted by Crippen LogP contribution is 2.32. The summed E-state index contributed by atoms with van der Waals surface area (Å²) in [4.78, 5) is 35.6. The van der Waals surface area contributed by atoms with Gasteiger partial charge in [0.2, 0.25) is 5.91 Å². The molecule has 3 heterocycles. The van der Waals surface area contributed by atoms with Gasteiger partial charge in [0.15, 0.2) is 0 Å². The second-order valence-electron chi connectivity index (χ2n) is 8.45. The van der Waals surface area contributed by atoms with E-state index in [1.165, 1.54) is 6.20 Å². The number of rotatable bonds is 5. The van der Waals surface area contributed by atoms with Crippen LogP contribution in [0.2, 0.25) is 0 Å². The second-order valence-corrected chi connectivity index (χ2v) is 8.45. The van der Waals surface area contributed by atoms with Gasteiger partial charge in [-0.3, -0.25) is 19.8 Å². The summed E-state index contributed by atoms with van der Waals surface area (Å²) in [5.41, 5.74) is 4.04. The number of hydrogen-bond acceptors (Lipinski definition) is 6. The van der Waals surface area contributed by atoms with Crippen LogP contribution in [0.5, 0.6) is 0 Å². The molecule has 0 bridgehead atoms. The van der Waals surface area contributed by atoms with Crippen LogP contribution in [0, 0.1) is 5.41 Å². The summed E-state index contributed by atoms with van der Waals surface area (Å²) in [5, 5.41) is 12.6. The number of carbonyl (C=O) groups is 2. The van der Waals surface area contributed by atoms with Crippen LogP contribution in [0.1, 0.15) is 37.0 Å². The molecular formula is C24H27N5O3. The van der Waals surface area contributed by atoms with Gasteiger partial charge in [-0.1, -0.05) is 26.0 Å². The number of anilines is 1. The lowest BCUT2D eigenvalue weighted by atomic mass is 9.79. The Morgan fingerprint density at radius 3 is 2.56 bits per heavy atom. The number of hydroxylamine groups is 1. The fraction of sp³-hybridized carbons (Fsp3) is 0.333. The first-order chi connectivity index (χ1) is 15.4. The smallest absolute Gasteiger partial charge is 0.276 e. The van der Waals surface area contributed by atoms with Crippen molar-refractivity contribution in [2.24, 2.45) is 5.41 Å². The molecule has 0 unspecified atom stereocenters. The van der Waals surface area contributed by atoms with E-state index in [1.54, 1.807) is 17.7 Å². The van der Waals surface area contributed by atoms with Crippen LogP contribution in [0.25, 0.3) is 22.0 Å². The third kappa shape index (κ3) is 4.46. The van der Waals surface area contributed by atoms with Crippen LogP contribution in [-0.4, -0.2) is 51.5 Å². The zero-order chi connectivity index (χ0) is 22.7. The number of likely N-dealkylation sites (tertiary alicyclic amines) is 1. The van der Waals surface area contributed by atoms with Crippen molar-refractivity contribution in [1.82, 2.24) is 20.3 Å². The zero-order valence-corrected chi connectivity index (χ0v) is 18.3. The number of pyridine rings is 2. The number of aromatic nitrogens is 2. The van der Waals surface area contributed by atoms with Crippen molar-refractivity contribution < 1.29 is 14.8 Å². The molecule has 2 aromatic heterocycles. The quantitative estimate of drug-likeness (QED) is 0.420. The molecule has 1 aromatic carbocycles. The Bertz CT molecular complexity index is 1160. The molecule has 3 N–H and O–H groups in total. The van der Waals surface area contributed by atoms with Gasteiger partial charge in [-0.15, -0.1) is 0 Å². The first-order valence-electron chi connectivity index (χ1n) is 10.8. The Hall–Kier alpha value is -3.36. The molecule has 32 heavy (non-hydrogen) atoms. The van der Waals surface area contributed by atoms with E-state index in [0.717, 1.165) is 54.5 Å². The summed E-state index contributed by atoms with van der Waals surface area (Å²) in [6.07, 6.45) is 4.76. The molecule has 0 radical (unpaired) electrons. The number of amides is 2. The van der Waals surface area contributed by atoms with Crippen LogP contribution in [0.4, 0.5) is 5.82 Å². The maximum atomic E-state index is 13.0. The van der Waals surface area contributed by atoms with Crippen LogP contribution < -0.4 is 10.8 Å². The first-order valence-corrected chi connectivity index (χ1v) is 10.8. The maximum Gasteiger partial charge on any atom is 0.276 e. The summed E-state index contributed by atoms with van der Waals surface area (Å²) >= 11 is 0. The number of carbonyl (C=O) groups excluding carboxylic acids is 2. The summed E-state index contributed by atoms with van der Waals surface area (Å²) in [7, 11) is 0. The van der Waals surface area contributed by atoms with E-state index in [4.69, 9.17) is 5.21 Å². The van der Waals surface area contributed by atoms with Gasteiger partial charge >= 0.3 is 0 Å². The van der Waals surface area contributed by atoms with Gasteiger partial charge in [-0.2, -0.15) is 0 Å². The minimum atomic E-state index is -0.605. The Morgan fingerprint density at radius 1 is 1.09 bits per heavy atom. The minimum absolute atomic E-state index is 0.00719. The first kappa shape index (κ1) is 21.9. The van der Waals surface area contributed by atoms with Gasteiger partial charge < -0.3 is 10.2 Å². The predicted octanol–water partition coefficient (Wildman–Crippen LogP) is 3.48. The van der Waals surface area contributed by atoms with Gasteiger partial charge in [0, 0.05) is 23.2 Å². The third-order valence-corrected chi connectivity index (χ3v) is 6.34. The minimum Gasteiger partial charge on any atom is -0.310 e. The van der Waals surface area contributed by atoms with Crippen molar-refractivity contribution in [1.29, 1.82) is 0 Å². The molecule has 8 heteroatoms. The number of hydrogen-bond donors (Lipinski definition) is 3. The lowest BCUT2D eigenvalue weighted by Crippen LogP contribution is -2.44. The van der Waals surface area contributed by atoms with Crippen molar-refractivity contribution in [3.8, 4) is 11.1 Å². The Labute approximate surface area is 186 Å². The van der Waals surface area contributed by atoms with Crippen molar-refractivity contribution in [2.45, 2.75) is 26.7 Å². The lowest BCUT2D eigenvalue weighted by Gasteiger charge is -2.37. The van der Waals surface area contributed by atoms with Gasteiger partial charge in [0.05, 0.1) is 11.1 Å². The predicted molar refractivity (Wildman–Crippen MR) is 122 cm³/mol. The monoisotopic (exact) mass is 433 g/mol. The van der Waals surface area contributed by atoms with Crippen molar-refractivity contribution in [3.05, 3.63) is 54.4 Å². The van der Waals surface area contributed by atoms with E-state index >= 15 is 0 Å². The molecule has 1 aliphatic heterocycles. The van der Waals surface area contributed by atoms with Crippen LogP contribution >= 0.6 is 0 Å². The fourth-order valence-corrected chi connectivity index (χ4v) is 4.03.